The molecule has 0 saturated carbocycles. The Morgan fingerprint density at radius 1 is 1.27 bits per heavy atom. The first kappa shape index (κ1) is 19.9. The summed E-state index contributed by atoms with van der Waals surface area (Å²) in [6.07, 6.45) is -2.41. The van der Waals surface area contributed by atoms with E-state index in [-0.39, 0.29) is 23.4 Å². The third-order valence-corrected chi connectivity index (χ3v) is 5.05. The van der Waals surface area contributed by atoms with E-state index in [1.54, 1.807) is 18.2 Å². The molecule has 2 aliphatic rings. The summed E-state index contributed by atoms with van der Waals surface area (Å²) < 4.78 is 38.3. The van der Waals surface area contributed by atoms with E-state index in [0.29, 0.717) is 25.2 Å². The molecule has 2 aliphatic heterocycles. The molecule has 9 nitrogen and oxygen atoms in total. The van der Waals surface area contributed by atoms with Crippen LogP contribution in [0.25, 0.3) is 0 Å². The predicted octanol–water partition coefficient (Wildman–Crippen LogP) is 2.18. The van der Waals surface area contributed by atoms with Gasteiger partial charge in [-0.05, 0) is 37.6 Å². The van der Waals surface area contributed by atoms with E-state index in [4.69, 9.17) is 0 Å². The number of fused-ring (bicyclic) bond motifs is 4. The highest BCUT2D eigenvalue weighted by Crippen LogP contribution is 2.39. The minimum atomic E-state index is -4.57. The van der Waals surface area contributed by atoms with Crippen molar-refractivity contribution in [1.29, 1.82) is 0 Å². The average Bonchev–Trinajstić information content (AvgIpc) is 3.12. The van der Waals surface area contributed by atoms with Gasteiger partial charge in [-0.3, -0.25) is 15.0 Å². The van der Waals surface area contributed by atoms with Crippen LogP contribution >= 0.6 is 0 Å². The standard InChI is InChI=1S/C18H18F3N7O2/c1-10(18(19,20)21)23-16(29)12-4-5-13-15(24-12)28(11-6-8-27(13)9-11)17(30)25-14-3-2-7-22-26-14/h2-5,7,10-11H,6,8-9H2,1H3,(H,23,29)(H,25,26,30)/t10-,11?/m1/s1. The molecule has 1 fully saturated rings. The zero-order chi connectivity index (χ0) is 21.5. The Morgan fingerprint density at radius 2 is 2.07 bits per heavy atom. The second kappa shape index (κ2) is 7.43. The third-order valence-electron chi connectivity index (χ3n) is 5.05. The van der Waals surface area contributed by atoms with Gasteiger partial charge in [0.1, 0.15) is 11.7 Å². The molecule has 2 N–H and O–H groups in total. The summed E-state index contributed by atoms with van der Waals surface area (Å²) >= 11 is 0. The topological polar surface area (TPSA) is 103 Å². The number of hydrogen-bond acceptors (Lipinski definition) is 6. The number of aromatic nitrogens is 3. The maximum absolute atomic E-state index is 12.9. The van der Waals surface area contributed by atoms with Crippen LogP contribution in [0.3, 0.4) is 0 Å². The molecule has 0 spiro atoms. The molecule has 30 heavy (non-hydrogen) atoms. The highest BCUT2D eigenvalue weighted by atomic mass is 19.4. The lowest BCUT2D eigenvalue weighted by Gasteiger charge is -2.35. The number of rotatable bonds is 3. The number of halogens is 3. The third kappa shape index (κ3) is 3.72. The molecule has 4 rings (SSSR count). The van der Waals surface area contributed by atoms with E-state index in [1.165, 1.54) is 17.2 Å². The second-order valence-electron chi connectivity index (χ2n) is 7.07. The van der Waals surface area contributed by atoms with Gasteiger partial charge >= 0.3 is 12.2 Å². The number of pyridine rings is 1. The highest BCUT2D eigenvalue weighted by molar-refractivity contribution is 6.05. The van der Waals surface area contributed by atoms with E-state index in [1.807, 2.05) is 10.2 Å². The van der Waals surface area contributed by atoms with Crippen molar-refractivity contribution in [3.63, 3.8) is 0 Å². The van der Waals surface area contributed by atoms with Crippen molar-refractivity contribution in [3.05, 3.63) is 36.2 Å². The summed E-state index contributed by atoms with van der Waals surface area (Å²) in [6.45, 7) is 2.15. The van der Waals surface area contributed by atoms with Gasteiger partial charge in [0.15, 0.2) is 11.6 Å². The minimum Gasteiger partial charge on any atom is -0.366 e. The monoisotopic (exact) mass is 421 g/mol. The lowest BCUT2D eigenvalue weighted by Crippen LogP contribution is -2.49. The molecule has 0 aliphatic carbocycles. The molecule has 158 valence electrons. The highest BCUT2D eigenvalue weighted by Gasteiger charge is 2.41. The molecular formula is C18H18F3N7O2. The van der Waals surface area contributed by atoms with Crippen LogP contribution in [0.15, 0.2) is 30.5 Å². The van der Waals surface area contributed by atoms with Crippen molar-refractivity contribution < 1.29 is 22.8 Å². The smallest absolute Gasteiger partial charge is 0.366 e. The molecule has 3 amide bonds. The van der Waals surface area contributed by atoms with E-state index in [2.05, 4.69) is 20.5 Å². The Kier molecular flexibility index (Phi) is 4.92. The number of carbonyl (C=O) groups is 2. The Bertz CT molecular complexity index is 970. The fourth-order valence-corrected chi connectivity index (χ4v) is 3.49. The quantitative estimate of drug-likeness (QED) is 0.788. The van der Waals surface area contributed by atoms with Gasteiger partial charge in [0.2, 0.25) is 0 Å². The van der Waals surface area contributed by atoms with E-state index < -0.39 is 24.2 Å². The molecule has 1 unspecified atom stereocenters. The van der Waals surface area contributed by atoms with Crippen molar-refractivity contribution >= 4 is 29.3 Å². The van der Waals surface area contributed by atoms with Crippen LogP contribution in [0, 0.1) is 0 Å². The van der Waals surface area contributed by atoms with Gasteiger partial charge in [-0.1, -0.05) is 0 Å². The van der Waals surface area contributed by atoms with Crippen LogP contribution in [-0.2, 0) is 0 Å². The Hall–Kier alpha value is -3.44. The number of carbonyl (C=O) groups excluding carboxylic acids is 2. The maximum atomic E-state index is 12.9. The fourth-order valence-electron chi connectivity index (χ4n) is 3.49. The Morgan fingerprint density at radius 3 is 2.77 bits per heavy atom. The van der Waals surface area contributed by atoms with Crippen molar-refractivity contribution in [2.45, 2.75) is 31.6 Å². The summed E-state index contributed by atoms with van der Waals surface area (Å²) in [5.74, 6) is -0.500. The summed E-state index contributed by atoms with van der Waals surface area (Å²) in [6, 6.07) is 3.43. The molecule has 0 aromatic carbocycles. The number of nitrogens with one attached hydrogen (secondary N) is 2. The molecule has 2 atom stereocenters. The van der Waals surface area contributed by atoms with E-state index >= 15 is 0 Å². The summed E-state index contributed by atoms with van der Waals surface area (Å²) in [5, 5.41) is 12.1. The van der Waals surface area contributed by atoms with Crippen molar-refractivity contribution in [2.24, 2.45) is 0 Å². The first-order chi connectivity index (χ1) is 14.2. The number of amides is 3. The molecule has 2 aromatic rings. The SMILES string of the molecule is C[C@@H](NC(=O)c1ccc2c(n1)N(C(=O)Nc1cccnn1)C1CCN2C1)C(F)(F)F. The van der Waals surface area contributed by atoms with Gasteiger partial charge in [0.25, 0.3) is 5.91 Å². The summed E-state index contributed by atoms with van der Waals surface area (Å²) in [7, 11) is 0. The first-order valence-corrected chi connectivity index (χ1v) is 9.25. The largest absolute Gasteiger partial charge is 0.408 e. The average molecular weight is 421 g/mol. The van der Waals surface area contributed by atoms with Crippen LogP contribution < -0.4 is 20.4 Å². The molecule has 2 aromatic heterocycles. The first-order valence-electron chi connectivity index (χ1n) is 9.25. The Labute approximate surface area is 169 Å². The van der Waals surface area contributed by atoms with Crippen LogP contribution in [0.2, 0.25) is 0 Å². The predicted molar refractivity (Wildman–Crippen MR) is 101 cm³/mol. The number of nitrogens with zero attached hydrogens (tertiary/aromatic N) is 5. The van der Waals surface area contributed by atoms with Crippen LogP contribution in [0.4, 0.5) is 35.3 Å². The molecular weight excluding hydrogens is 403 g/mol. The van der Waals surface area contributed by atoms with Crippen LogP contribution in [0.5, 0.6) is 0 Å². The number of alkyl halides is 3. The fraction of sp³-hybridized carbons (Fsp3) is 0.389. The van der Waals surface area contributed by atoms with Crippen molar-refractivity contribution in [3.8, 4) is 0 Å². The van der Waals surface area contributed by atoms with Gasteiger partial charge in [-0.15, -0.1) is 5.10 Å². The normalized spacial score (nSPS) is 18.6. The van der Waals surface area contributed by atoms with Crippen molar-refractivity contribution in [2.75, 3.05) is 28.2 Å². The molecule has 2 bridgehead atoms. The van der Waals surface area contributed by atoms with E-state index in [9.17, 15) is 22.8 Å². The van der Waals surface area contributed by atoms with Gasteiger partial charge in [0, 0.05) is 19.3 Å². The lowest BCUT2D eigenvalue weighted by atomic mass is 10.1. The summed E-state index contributed by atoms with van der Waals surface area (Å²) in [4.78, 5) is 33.0. The summed E-state index contributed by atoms with van der Waals surface area (Å²) in [5.41, 5.74) is 0.433. The molecule has 1 saturated heterocycles. The van der Waals surface area contributed by atoms with Gasteiger partial charge in [-0.2, -0.15) is 18.3 Å². The van der Waals surface area contributed by atoms with Gasteiger partial charge in [0.05, 0.1) is 11.7 Å². The Balaban J connectivity index is 1.63. The molecule has 12 heteroatoms. The second-order valence-corrected chi connectivity index (χ2v) is 7.07. The number of urea groups is 1. The number of hydrogen-bond donors (Lipinski definition) is 2. The lowest BCUT2D eigenvalue weighted by molar-refractivity contribution is -0.149. The minimum absolute atomic E-state index is 0.186. The van der Waals surface area contributed by atoms with Gasteiger partial charge in [-0.25, -0.2) is 9.78 Å². The zero-order valence-electron chi connectivity index (χ0n) is 15.8. The molecule has 0 radical (unpaired) electrons. The zero-order valence-corrected chi connectivity index (χ0v) is 15.8. The van der Waals surface area contributed by atoms with Crippen molar-refractivity contribution in [1.82, 2.24) is 20.5 Å². The number of anilines is 3. The van der Waals surface area contributed by atoms with Gasteiger partial charge < -0.3 is 10.2 Å². The van der Waals surface area contributed by atoms with E-state index in [0.717, 1.165) is 6.92 Å². The molecule has 4 heterocycles. The van der Waals surface area contributed by atoms with Crippen LogP contribution in [0.1, 0.15) is 23.8 Å². The van der Waals surface area contributed by atoms with Crippen LogP contribution in [-0.4, -0.2) is 58.5 Å². The maximum Gasteiger partial charge on any atom is 0.408 e.